The number of amides is 2. The third-order valence-corrected chi connectivity index (χ3v) is 3.25. The molecule has 0 spiro atoms. The van der Waals surface area contributed by atoms with Gasteiger partial charge >= 0.3 is 0 Å². The zero-order chi connectivity index (χ0) is 14.5. The number of hydrogen-bond acceptors (Lipinski definition) is 4. The van der Waals surface area contributed by atoms with Gasteiger partial charge in [0.15, 0.2) is 0 Å². The SMILES string of the molecule is CN1C(=O)CCOc2ccc(CCNC(=O)CN)cc21. The summed E-state index contributed by atoms with van der Waals surface area (Å²) in [6.45, 7) is 0.921. The van der Waals surface area contributed by atoms with E-state index in [1.54, 1.807) is 11.9 Å². The monoisotopic (exact) mass is 277 g/mol. The zero-order valence-electron chi connectivity index (χ0n) is 11.5. The van der Waals surface area contributed by atoms with Gasteiger partial charge in [-0.15, -0.1) is 0 Å². The van der Waals surface area contributed by atoms with Crippen molar-refractivity contribution in [3.8, 4) is 5.75 Å². The number of benzene rings is 1. The van der Waals surface area contributed by atoms with Crippen LogP contribution in [0.1, 0.15) is 12.0 Å². The number of anilines is 1. The average molecular weight is 277 g/mol. The lowest BCUT2D eigenvalue weighted by Gasteiger charge is -2.17. The average Bonchev–Trinajstić information content (AvgIpc) is 2.59. The van der Waals surface area contributed by atoms with Gasteiger partial charge in [-0.1, -0.05) is 6.07 Å². The van der Waals surface area contributed by atoms with Crippen molar-refractivity contribution in [1.29, 1.82) is 0 Å². The second-order valence-corrected chi connectivity index (χ2v) is 4.66. The minimum atomic E-state index is -0.171. The minimum absolute atomic E-state index is 0.00470. The van der Waals surface area contributed by atoms with Gasteiger partial charge in [0.2, 0.25) is 11.8 Å². The maximum absolute atomic E-state index is 11.8. The van der Waals surface area contributed by atoms with E-state index in [2.05, 4.69) is 5.32 Å². The molecule has 0 bridgehead atoms. The summed E-state index contributed by atoms with van der Waals surface area (Å²) < 4.78 is 5.56. The first-order valence-corrected chi connectivity index (χ1v) is 6.61. The third kappa shape index (κ3) is 3.27. The van der Waals surface area contributed by atoms with Crippen molar-refractivity contribution in [1.82, 2.24) is 5.32 Å². The Hall–Kier alpha value is -2.08. The number of carbonyl (C=O) groups is 2. The van der Waals surface area contributed by atoms with Gasteiger partial charge in [0, 0.05) is 13.6 Å². The molecular formula is C14H19N3O3. The van der Waals surface area contributed by atoms with E-state index in [1.807, 2.05) is 18.2 Å². The predicted molar refractivity (Wildman–Crippen MR) is 75.7 cm³/mol. The van der Waals surface area contributed by atoms with Crippen molar-refractivity contribution in [2.45, 2.75) is 12.8 Å². The molecule has 0 unspecified atom stereocenters. The molecule has 0 fully saturated rings. The number of nitrogens with one attached hydrogen (secondary N) is 1. The van der Waals surface area contributed by atoms with Crippen LogP contribution in [-0.4, -0.2) is 38.6 Å². The summed E-state index contributed by atoms with van der Waals surface area (Å²) in [7, 11) is 1.75. The fourth-order valence-electron chi connectivity index (χ4n) is 2.07. The van der Waals surface area contributed by atoms with Gasteiger partial charge in [-0.3, -0.25) is 9.59 Å². The molecule has 1 aromatic carbocycles. The number of nitrogens with two attached hydrogens (primary N) is 1. The van der Waals surface area contributed by atoms with Gasteiger partial charge in [0.1, 0.15) is 5.75 Å². The Labute approximate surface area is 117 Å². The summed E-state index contributed by atoms with van der Waals surface area (Å²) in [4.78, 5) is 24.5. The summed E-state index contributed by atoms with van der Waals surface area (Å²) in [5.41, 5.74) is 7.03. The topological polar surface area (TPSA) is 84.7 Å². The first kappa shape index (κ1) is 14.3. The molecule has 20 heavy (non-hydrogen) atoms. The summed E-state index contributed by atoms with van der Waals surface area (Å²) in [5, 5.41) is 2.72. The van der Waals surface area contributed by atoms with Crippen molar-refractivity contribution in [3.05, 3.63) is 23.8 Å². The molecule has 108 valence electrons. The van der Waals surface area contributed by atoms with Gasteiger partial charge < -0.3 is 20.7 Å². The van der Waals surface area contributed by atoms with Gasteiger partial charge in [-0.2, -0.15) is 0 Å². The van der Waals surface area contributed by atoms with E-state index in [1.165, 1.54) is 0 Å². The second kappa shape index (κ2) is 6.38. The van der Waals surface area contributed by atoms with Crippen LogP contribution in [0.5, 0.6) is 5.75 Å². The molecule has 0 atom stereocenters. The highest BCUT2D eigenvalue weighted by Gasteiger charge is 2.19. The van der Waals surface area contributed by atoms with Gasteiger partial charge in [0.25, 0.3) is 0 Å². The number of rotatable bonds is 4. The van der Waals surface area contributed by atoms with E-state index in [-0.39, 0.29) is 18.4 Å². The normalized spacial score (nSPS) is 14.3. The van der Waals surface area contributed by atoms with Crippen molar-refractivity contribution in [3.63, 3.8) is 0 Å². The summed E-state index contributed by atoms with van der Waals surface area (Å²) in [6.07, 6.45) is 1.06. The molecule has 6 nitrogen and oxygen atoms in total. The maximum atomic E-state index is 11.8. The molecule has 0 aromatic heterocycles. The van der Waals surface area contributed by atoms with Crippen LogP contribution in [0.3, 0.4) is 0 Å². The van der Waals surface area contributed by atoms with E-state index >= 15 is 0 Å². The first-order valence-electron chi connectivity index (χ1n) is 6.61. The van der Waals surface area contributed by atoms with Gasteiger partial charge in [-0.25, -0.2) is 0 Å². The molecule has 2 rings (SSSR count). The fourth-order valence-corrected chi connectivity index (χ4v) is 2.07. The Morgan fingerprint density at radius 2 is 2.30 bits per heavy atom. The molecule has 1 aliphatic heterocycles. The molecule has 1 aliphatic rings. The number of ether oxygens (including phenoxy) is 1. The molecular weight excluding hydrogens is 258 g/mol. The predicted octanol–water partition coefficient (Wildman–Crippen LogP) is 0.0493. The molecule has 0 aliphatic carbocycles. The molecule has 1 heterocycles. The highest BCUT2D eigenvalue weighted by atomic mass is 16.5. The molecule has 2 amide bonds. The number of carbonyl (C=O) groups excluding carboxylic acids is 2. The Morgan fingerprint density at radius 1 is 1.50 bits per heavy atom. The summed E-state index contributed by atoms with van der Waals surface area (Å²) in [5.74, 6) is 0.584. The number of nitrogens with zero attached hydrogens (tertiary/aromatic N) is 1. The lowest BCUT2D eigenvalue weighted by Crippen LogP contribution is -2.31. The molecule has 1 aromatic rings. The van der Waals surface area contributed by atoms with Crippen molar-refractivity contribution >= 4 is 17.5 Å². The smallest absolute Gasteiger partial charge is 0.233 e. The first-order chi connectivity index (χ1) is 9.61. The third-order valence-electron chi connectivity index (χ3n) is 3.25. The van der Waals surface area contributed by atoms with Crippen LogP contribution in [0.25, 0.3) is 0 Å². The van der Waals surface area contributed by atoms with E-state index < -0.39 is 0 Å². The number of hydrogen-bond donors (Lipinski definition) is 2. The fraction of sp³-hybridized carbons (Fsp3) is 0.429. The Bertz CT molecular complexity index is 516. The van der Waals surface area contributed by atoms with Gasteiger partial charge in [-0.05, 0) is 24.1 Å². The van der Waals surface area contributed by atoms with Crippen LogP contribution in [0, 0.1) is 0 Å². The summed E-state index contributed by atoms with van der Waals surface area (Å²) in [6, 6.07) is 5.73. The van der Waals surface area contributed by atoms with Crippen molar-refractivity contribution in [2.75, 3.05) is 31.6 Å². The molecule has 0 saturated carbocycles. The largest absolute Gasteiger partial charge is 0.491 e. The van der Waals surface area contributed by atoms with E-state index in [0.717, 1.165) is 11.3 Å². The van der Waals surface area contributed by atoms with Crippen LogP contribution < -0.4 is 20.7 Å². The van der Waals surface area contributed by atoms with E-state index in [9.17, 15) is 9.59 Å². The zero-order valence-corrected chi connectivity index (χ0v) is 11.5. The maximum Gasteiger partial charge on any atom is 0.233 e. The van der Waals surface area contributed by atoms with Crippen LogP contribution in [0.4, 0.5) is 5.69 Å². The van der Waals surface area contributed by atoms with Crippen molar-refractivity contribution in [2.24, 2.45) is 5.73 Å². The molecule has 0 saturated heterocycles. The standard InChI is InChI=1S/C14H19N3O3/c1-17-11-8-10(4-6-16-13(18)9-15)2-3-12(11)20-7-5-14(17)19/h2-3,8H,4-7,9,15H2,1H3,(H,16,18). The highest BCUT2D eigenvalue weighted by molar-refractivity contribution is 5.95. The molecule has 0 radical (unpaired) electrons. The second-order valence-electron chi connectivity index (χ2n) is 4.66. The molecule has 3 N–H and O–H groups in total. The van der Waals surface area contributed by atoms with Crippen LogP contribution in [-0.2, 0) is 16.0 Å². The summed E-state index contributed by atoms with van der Waals surface area (Å²) >= 11 is 0. The Balaban J connectivity index is 2.08. The van der Waals surface area contributed by atoms with Crippen LogP contribution in [0.15, 0.2) is 18.2 Å². The number of fused-ring (bicyclic) bond motifs is 1. The van der Waals surface area contributed by atoms with E-state index in [0.29, 0.717) is 31.7 Å². The lowest BCUT2D eigenvalue weighted by molar-refractivity contribution is -0.120. The van der Waals surface area contributed by atoms with Crippen LogP contribution >= 0.6 is 0 Å². The quantitative estimate of drug-likeness (QED) is 0.814. The Kier molecular flexibility index (Phi) is 4.57. The van der Waals surface area contributed by atoms with Crippen LogP contribution in [0.2, 0.25) is 0 Å². The highest BCUT2D eigenvalue weighted by Crippen LogP contribution is 2.31. The Morgan fingerprint density at radius 3 is 3.05 bits per heavy atom. The van der Waals surface area contributed by atoms with E-state index in [4.69, 9.17) is 10.5 Å². The lowest BCUT2D eigenvalue weighted by atomic mass is 10.1. The van der Waals surface area contributed by atoms with Gasteiger partial charge in [0.05, 0.1) is 25.3 Å². The van der Waals surface area contributed by atoms with Crippen molar-refractivity contribution < 1.29 is 14.3 Å². The molecule has 6 heteroatoms. The minimum Gasteiger partial charge on any atom is -0.491 e.